The lowest BCUT2D eigenvalue weighted by atomic mass is 9.75. The number of alkyl halides is 2. The van der Waals surface area contributed by atoms with Crippen LogP contribution in [0.2, 0.25) is 0 Å². The van der Waals surface area contributed by atoms with Crippen molar-refractivity contribution in [2.75, 3.05) is 0 Å². The minimum absolute atomic E-state index is 0.00484. The summed E-state index contributed by atoms with van der Waals surface area (Å²) in [6, 6.07) is 6.37. The van der Waals surface area contributed by atoms with E-state index in [1.165, 1.54) is 18.3 Å². The van der Waals surface area contributed by atoms with Crippen molar-refractivity contribution >= 4 is 15.5 Å². The Labute approximate surface area is 155 Å². The van der Waals surface area contributed by atoms with Gasteiger partial charge in [-0.2, -0.15) is 8.78 Å². The van der Waals surface area contributed by atoms with Crippen LogP contribution in [0.3, 0.4) is 0 Å². The Bertz CT molecular complexity index is 500. The first-order valence-electron chi connectivity index (χ1n) is 9.05. The molecule has 0 saturated heterocycles. The summed E-state index contributed by atoms with van der Waals surface area (Å²) in [6.45, 7) is 10.2. The molecule has 0 aliphatic carbocycles. The summed E-state index contributed by atoms with van der Waals surface area (Å²) < 4.78 is 26.2. The first kappa shape index (κ1) is 26.0. The minimum Gasteiger partial charge on any atom is -0.313 e. The van der Waals surface area contributed by atoms with Gasteiger partial charge in [-0.3, -0.25) is 0 Å². The molecule has 2 unspecified atom stereocenters. The van der Waals surface area contributed by atoms with E-state index >= 15 is 0 Å². The Morgan fingerprint density at radius 1 is 1.08 bits per heavy atom. The molecule has 142 valence electrons. The Hall–Kier alpha value is -1.26. The number of unbranched alkanes of at least 4 members (excludes halogenated alkanes) is 1. The molecule has 0 aliphatic rings. The fraction of sp³-hybridized carbons (Fsp3) is 0.571. The van der Waals surface area contributed by atoms with E-state index in [1.54, 1.807) is 21.4 Å². The third-order valence-electron chi connectivity index (χ3n) is 3.81. The molecule has 1 aromatic carbocycles. The van der Waals surface area contributed by atoms with E-state index in [4.69, 9.17) is 11.8 Å². The average molecular weight is 369 g/mol. The molecule has 1 nitrogen and oxygen atoms in total. The smallest absolute Gasteiger partial charge is 0.283 e. The van der Waals surface area contributed by atoms with Crippen LogP contribution in [0.5, 0.6) is 0 Å². The van der Waals surface area contributed by atoms with Crippen molar-refractivity contribution in [1.29, 1.82) is 5.41 Å². The van der Waals surface area contributed by atoms with Gasteiger partial charge in [0.05, 0.1) is 5.41 Å². The monoisotopic (exact) mass is 369 g/mol. The Morgan fingerprint density at radius 3 is 1.80 bits per heavy atom. The summed E-state index contributed by atoms with van der Waals surface area (Å²) in [5.74, 6) is 2.85. The highest BCUT2D eigenvalue weighted by Gasteiger charge is 2.29. The van der Waals surface area contributed by atoms with Gasteiger partial charge in [-0.15, -0.1) is 6.42 Å². The van der Waals surface area contributed by atoms with Gasteiger partial charge in [0, 0.05) is 5.56 Å². The fourth-order valence-corrected chi connectivity index (χ4v) is 2.56. The minimum atomic E-state index is -2.88. The van der Waals surface area contributed by atoms with E-state index in [2.05, 4.69) is 19.8 Å². The second-order valence-electron chi connectivity index (χ2n) is 5.52. The lowest BCUT2D eigenvalue weighted by Crippen LogP contribution is -2.23. The van der Waals surface area contributed by atoms with Crippen molar-refractivity contribution < 1.29 is 8.78 Å². The van der Waals surface area contributed by atoms with Crippen LogP contribution >= 0.6 is 9.24 Å². The first-order chi connectivity index (χ1) is 11.8. The predicted molar refractivity (Wildman–Crippen MR) is 111 cm³/mol. The standard InChI is InChI=1S/C15H19F2P.C4H9N.C2H6/c1-4-11-14(5-2,6-3)12-7-9-13(10-8-12)15(16,17)18;1-2-3-4-5;1-2/h2,7-10H,4,6,11,18H2,1,3H3;4-5H,2-3H2,1H3;1-2H3. The third-order valence-corrected chi connectivity index (χ3v) is 4.15. The Balaban J connectivity index is 0. The molecule has 0 amide bonds. The highest BCUT2D eigenvalue weighted by molar-refractivity contribution is 7.17. The van der Waals surface area contributed by atoms with Gasteiger partial charge in [-0.05, 0) is 31.0 Å². The lowest BCUT2D eigenvalue weighted by Gasteiger charge is -2.27. The van der Waals surface area contributed by atoms with E-state index in [0.29, 0.717) is 0 Å². The molecule has 0 fully saturated rings. The van der Waals surface area contributed by atoms with Crippen molar-refractivity contribution in [3.8, 4) is 12.3 Å². The average Bonchev–Trinajstić information content (AvgIpc) is 2.62. The summed E-state index contributed by atoms with van der Waals surface area (Å²) in [5, 5.41) is 6.48. The van der Waals surface area contributed by atoms with Crippen molar-refractivity contribution in [3.05, 3.63) is 35.4 Å². The van der Waals surface area contributed by atoms with E-state index in [0.717, 1.165) is 37.7 Å². The maximum Gasteiger partial charge on any atom is 0.283 e. The lowest BCUT2D eigenvalue weighted by molar-refractivity contribution is 0.104. The van der Waals surface area contributed by atoms with Crippen molar-refractivity contribution in [2.24, 2.45) is 0 Å². The van der Waals surface area contributed by atoms with Crippen molar-refractivity contribution in [3.63, 3.8) is 0 Å². The van der Waals surface area contributed by atoms with Gasteiger partial charge in [-0.1, -0.05) is 86.9 Å². The van der Waals surface area contributed by atoms with Crippen LogP contribution in [-0.2, 0) is 11.1 Å². The molecule has 0 spiro atoms. The van der Waals surface area contributed by atoms with Crippen LogP contribution in [0.1, 0.15) is 77.8 Å². The molecule has 0 aromatic heterocycles. The topological polar surface area (TPSA) is 23.9 Å². The van der Waals surface area contributed by atoms with Crippen molar-refractivity contribution in [1.82, 2.24) is 0 Å². The summed E-state index contributed by atoms with van der Waals surface area (Å²) in [6.07, 6.45) is 11.8. The second kappa shape index (κ2) is 14.0. The van der Waals surface area contributed by atoms with Crippen LogP contribution in [0.25, 0.3) is 0 Å². The number of rotatable bonds is 7. The zero-order valence-corrected chi connectivity index (χ0v) is 17.5. The van der Waals surface area contributed by atoms with Gasteiger partial charge >= 0.3 is 0 Å². The largest absolute Gasteiger partial charge is 0.313 e. The summed E-state index contributed by atoms with van der Waals surface area (Å²) >= 11 is 0. The highest BCUT2D eigenvalue weighted by Crippen LogP contribution is 2.37. The Kier molecular flexibility index (Phi) is 14.5. The number of terminal acetylenes is 1. The molecule has 1 aromatic rings. The van der Waals surface area contributed by atoms with Gasteiger partial charge < -0.3 is 5.41 Å². The molecule has 25 heavy (non-hydrogen) atoms. The SMILES string of the molecule is C#CC(CC)(CCC)c1ccc(C(F)(F)P)cc1.CC.CCCC=N. The summed E-state index contributed by atoms with van der Waals surface area (Å²) in [4.78, 5) is 0. The third kappa shape index (κ3) is 9.13. The molecule has 1 N–H and O–H groups in total. The number of hydrogen-bond acceptors (Lipinski definition) is 1. The van der Waals surface area contributed by atoms with Crippen LogP contribution in [0, 0.1) is 17.8 Å². The molecule has 0 aliphatic heterocycles. The molecule has 1 rings (SSSR count). The molecule has 4 heteroatoms. The van der Waals surface area contributed by atoms with E-state index in [1.807, 2.05) is 20.8 Å². The number of hydrogen-bond donors (Lipinski definition) is 1. The molecule has 2 atom stereocenters. The first-order valence-corrected chi connectivity index (χ1v) is 9.63. The molecule has 0 saturated carbocycles. The maximum absolute atomic E-state index is 13.1. The molecular weight excluding hydrogens is 335 g/mol. The van der Waals surface area contributed by atoms with E-state index < -0.39 is 5.66 Å². The zero-order chi connectivity index (χ0) is 19.9. The maximum atomic E-state index is 13.1. The van der Waals surface area contributed by atoms with Gasteiger partial charge in [0.15, 0.2) is 0 Å². The van der Waals surface area contributed by atoms with E-state index in [-0.39, 0.29) is 11.0 Å². The van der Waals surface area contributed by atoms with Gasteiger partial charge in [-0.25, -0.2) is 0 Å². The summed E-state index contributed by atoms with van der Waals surface area (Å²) in [7, 11) is 1.55. The number of halogens is 2. The molecule has 0 heterocycles. The summed E-state index contributed by atoms with van der Waals surface area (Å²) in [5.41, 5.74) is -2.26. The van der Waals surface area contributed by atoms with Gasteiger partial charge in [0.25, 0.3) is 5.66 Å². The second-order valence-corrected chi connectivity index (χ2v) is 6.25. The zero-order valence-electron chi connectivity index (χ0n) is 16.3. The fourth-order valence-electron chi connectivity index (χ4n) is 2.37. The molecule has 0 bridgehead atoms. The van der Waals surface area contributed by atoms with Crippen LogP contribution in [0.4, 0.5) is 8.78 Å². The highest BCUT2D eigenvalue weighted by atomic mass is 31.0. The van der Waals surface area contributed by atoms with Gasteiger partial charge in [0.2, 0.25) is 0 Å². The van der Waals surface area contributed by atoms with E-state index in [9.17, 15) is 8.78 Å². The van der Waals surface area contributed by atoms with Crippen molar-refractivity contribution in [2.45, 2.75) is 77.8 Å². The molecule has 0 radical (unpaired) electrons. The van der Waals surface area contributed by atoms with Gasteiger partial charge in [0.1, 0.15) is 0 Å². The number of benzene rings is 1. The normalized spacial score (nSPS) is 12.4. The van der Waals surface area contributed by atoms with Crippen LogP contribution < -0.4 is 0 Å². The van der Waals surface area contributed by atoms with Crippen LogP contribution in [-0.4, -0.2) is 6.21 Å². The predicted octanol–water partition coefficient (Wildman–Crippen LogP) is 7.15. The molecular formula is C21H34F2NP. The quantitative estimate of drug-likeness (QED) is 0.300. The Morgan fingerprint density at radius 2 is 1.56 bits per heavy atom. The van der Waals surface area contributed by atoms with Crippen LogP contribution in [0.15, 0.2) is 24.3 Å². The number of nitrogens with one attached hydrogen (secondary N) is 1.